The van der Waals surface area contributed by atoms with Gasteiger partial charge in [-0.1, -0.05) is 12.1 Å². The van der Waals surface area contributed by atoms with Crippen LogP contribution in [0.5, 0.6) is 0 Å². The second-order valence-electron chi connectivity index (χ2n) is 4.22. The van der Waals surface area contributed by atoms with Gasteiger partial charge in [0, 0.05) is 5.92 Å². The molecular weight excluding hydrogens is 304 g/mol. The van der Waals surface area contributed by atoms with Crippen molar-refractivity contribution in [3.8, 4) is 17.9 Å². The van der Waals surface area contributed by atoms with Crippen LogP contribution in [0.4, 0.5) is 0 Å². The molecule has 0 radical (unpaired) electrons. The number of ketones is 1. The topological polar surface area (TPSA) is 93.2 Å². The minimum absolute atomic E-state index is 0.127. The number of oxazole rings is 1. The van der Waals surface area contributed by atoms with E-state index in [2.05, 4.69) is 23.5 Å². The fourth-order valence-electron chi connectivity index (χ4n) is 1.73. The number of carbonyl (C=O) groups excluding carboxylic acids is 2. The molecule has 0 amide bonds. The molecule has 0 saturated heterocycles. The molecule has 0 aliphatic heterocycles. The SMILES string of the molecule is CC(S)OC(=O)C(C(=O)C#CC#N)c1nc2ccccc2o1. The largest absolute Gasteiger partial charge is 0.451 e. The smallest absolute Gasteiger partial charge is 0.328 e. The van der Waals surface area contributed by atoms with Crippen LogP contribution in [0, 0.1) is 23.2 Å². The average molecular weight is 314 g/mol. The van der Waals surface area contributed by atoms with Crippen LogP contribution < -0.4 is 0 Å². The van der Waals surface area contributed by atoms with Gasteiger partial charge in [-0.15, -0.1) is 12.6 Å². The molecule has 22 heavy (non-hydrogen) atoms. The Labute approximate surface area is 131 Å². The molecule has 1 aromatic heterocycles. The van der Waals surface area contributed by atoms with Crippen molar-refractivity contribution >= 4 is 35.5 Å². The molecule has 2 unspecified atom stereocenters. The number of ether oxygens (including phenoxy) is 1. The highest BCUT2D eigenvalue weighted by atomic mass is 32.1. The first-order valence-corrected chi connectivity index (χ1v) is 6.72. The lowest BCUT2D eigenvalue weighted by Gasteiger charge is -2.11. The van der Waals surface area contributed by atoms with Gasteiger partial charge in [-0.25, -0.2) is 4.98 Å². The zero-order chi connectivity index (χ0) is 16.1. The minimum atomic E-state index is -1.46. The maximum Gasteiger partial charge on any atom is 0.328 e. The number of thiol groups is 1. The maximum absolute atomic E-state index is 12.1. The van der Waals surface area contributed by atoms with Gasteiger partial charge in [0.05, 0.1) is 0 Å². The fourth-order valence-corrected chi connectivity index (χ4v) is 1.84. The van der Waals surface area contributed by atoms with Crippen LogP contribution in [-0.2, 0) is 14.3 Å². The predicted octanol–water partition coefficient (Wildman–Crippen LogP) is 1.83. The Kier molecular flexibility index (Phi) is 4.82. The summed E-state index contributed by atoms with van der Waals surface area (Å²) < 4.78 is 10.3. The first-order chi connectivity index (χ1) is 10.5. The van der Waals surface area contributed by atoms with Crippen molar-refractivity contribution < 1.29 is 18.7 Å². The van der Waals surface area contributed by atoms with Crippen LogP contribution in [0.2, 0.25) is 0 Å². The fraction of sp³-hybridized carbons (Fsp3) is 0.200. The molecule has 0 fully saturated rings. The van der Waals surface area contributed by atoms with Crippen LogP contribution in [0.25, 0.3) is 11.1 Å². The van der Waals surface area contributed by atoms with E-state index in [1.54, 1.807) is 24.3 Å². The molecule has 0 N–H and O–H groups in total. The van der Waals surface area contributed by atoms with Crippen LogP contribution in [-0.4, -0.2) is 22.2 Å². The third-order valence-corrected chi connectivity index (χ3v) is 2.69. The number of aromatic nitrogens is 1. The summed E-state index contributed by atoms with van der Waals surface area (Å²) in [5.74, 6) is 0.711. The number of nitriles is 1. The average Bonchev–Trinajstić information content (AvgIpc) is 2.87. The van der Waals surface area contributed by atoms with E-state index in [1.165, 1.54) is 13.0 Å². The number of esters is 1. The lowest BCUT2D eigenvalue weighted by molar-refractivity contribution is -0.148. The number of rotatable bonds is 4. The lowest BCUT2D eigenvalue weighted by Crippen LogP contribution is -2.25. The Hall–Kier alpha value is -2.77. The van der Waals surface area contributed by atoms with Gasteiger partial charge in [0.15, 0.2) is 11.7 Å². The van der Waals surface area contributed by atoms with Crippen LogP contribution in [0.1, 0.15) is 18.7 Å². The van der Waals surface area contributed by atoms with E-state index in [1.807, 2.05) is 5.92 Å². The predicted molar refractivity (Wildman–Crippen MR) is 79.7 cm³/mol. The Morgan fingerprint density at radius 1 is 1.41 bits per heavy atom. The third kappa shape index (κ3) is 3.46. The van der Waals surface area contributed by atoms with Crippen molar-refractivity contribution in [3.05, 3.63) is 30.2 Å². The van der Waals surface area contributed by atoms with E-state index < -0.39 is 23.1 Å². The Bertz CT molecular complexity index is 790. The second kappa shape index (κ2) is 6.79. The number of nitrogens with zero attached hydrogens (tertiary/aromatic N) is 2. The van der Waals surface area contributed by atoms with Crippen molar-refractivity contribution in [3.63, 3.8) is 0 Å². The number of hydrogen-bond acceptors (Lipinski definition) is 7. The summed E-state index contributed by atoms with van der Waals surface area (Å²) in [4.78, 5) is 28.3. The van der Waals surface area contributed by atoms with E-state index in [9.17, 15) is 9.59 Å². The van der Waals surface area contributed by atoms with Gasteiger partial charge in [0.25, 0.3) is 0 Å². The highest BCUT2D eigenvalue weighted by molar-refractivity contribution is 7.80. The molecule has 2 atom stereocenters. The first kappa shape index (κ1) is 15.6. The number of carbonyl (C=O) groups is 2. The van der Waals surface area contributed by atoms with Gasteiger partial charge in [0.2, 0.25) is 17.6 Å². The molecule has 1 aromatic carbocycles. The molecular formula is C15H10N2O4S. The molecule has 1 heterocycles. The highest BCUT2D eigenvalue weighted by Crippen LogP contribution is 2.24. The number of fused-ring (bicyclic) bond motifs is 1. The van der Waals surface area contributed by atoms with Crippen LogP contribution >= 0.6 is 12.6 Å². The van der Waals surface area contributed by atoms with Gasteiger partial charge < -0.3 is 9.15 Å². The number of Topliss-reactive ketones (excluding diaryl/α,β-unsaturated/α-hetero) is 1. The summed E-state index contributed by atoms with van der Waals surface area (Å²) in [6.45, 7) is 1.52. The number of para-hydroxylation sites is 2. The molecule has 110 valence electrons. The van der Waals surface area contributed by atoms with Crippen molar-refractivity contribution in [1.29, 1.82) is 5.26 Å². The van der Waals surface area contributed by atoms with Crippen molar-refractivity contribution in [1.82, 2.24) is 4.98 Å². The molecule has 0 spiro atoms. The summed E-state index contributed by atoms with van der Waals surface area (Å²) in [7, 11) is 0. The molecule has 2 rings (SSSR count). The molecule has 2 aromatic rings. The lowest BCUT2D eigenvalue weighted by atomic mass is 10.0. The van der Waals surface area contributed by atoms with E-state index in [-0.39, 0.29) is 5.89 Å². The zero-order valence-electron chi connectivity index (χ0n) is 11.4. The van der Waals surface area contributed by atoms with E-state index in [4.69, 9.17) is 14.4 Å². The van der Waals surface area contributed by atoms with E-state index >= 15 is 0 Å². The Morgan fingerprint density at radius 3 is 2.77 bits per heavy atom. The van der Waals surface area contributed by atoms with E-state index in [0.29, 0.717) is 11.1 Å². The molecule has 0 aliphatic carbocycles. The maximum atomic E-state index is 12.1. The highest BCUT2D eigenvalue weighted by Gasteiger charge is 2.34. The molecule has 0 bridgehead atoms. The van der Waals surface area contributed by atoms with E-state index in [0.717, 1.165) is 0 Å². The van der Waals surface area contributed by atoms with Gasteiger partial charge >= 0.3 is 5.97 Å². The Balaban J connectivity index is 2.45. The van der Waals surface area contributed by atoms with Crippen molar-refractivity contribution in [2.24, 2.45) is 0 Å². The summed E-state index contributed by atoms with van der Waals surface area (Å²) in [6.07, 6.45) is 0. The number of benzene rings is 1. The van der Waals surface area contributed by atoms with Crippen LogP contribution in [0.3, 0.4) is 0 Å². The summed E-state index contributed by atoms with van der Waals surface area (Å²) in [5.41, 5.74) is 0.210. The summed E-state index contributed by atoms with van der Waals surface area (Å²) in [5, 5.41) is 8.42. The van der Waals surface area contributed by atoms with Gasteiger partial charge in [0.1, 0.15) is 11.0 Å². The second-order valence-corrected chi connectivity index (χ2v) is 4.94. The quantitative estimate of drug-likeness (QED) is 0.231. The molecule has 0 aliphatic rings. The normalized spacial score (nSPS) is 12.6. The monoisotopic (exact) mass is 314 g/mol. The van der Waals surface area contributed by atoms with Gasteiger partial charge in [-0.05, 0) is 25.0 Å². The molecule has 0 saturated carbocycles. The van der Waals surface area contributed by atoms with Gasteiger partial charge in [-0.3, -0.25) is 9.59 Å². The third-order valence-electron chi connectivity index (χ3n) is 2.58. The molecule has 6 nitrogen and oxygen atoms in total. The van der Waals surface area contributed by atoms with Crippen molar-refractivity contribution in [2.75, 3.05) is 0 Å². The minimum Gasteiger partial charge on any atom is -0.451 e. The van der Waals surface area contributed by atoms with Crippen LogP contribution in [0.15, 0.2) is 28.7 Å². The summed E-state index contributed by atoms with van der Waals surface area (Å²) in [6, 6.07) is 8.32. The van der Waals surface area contributed by atoms with Crippen molar-refractivity contribution in [2.45, 2.75) is 18.3 Å². The standard InChI is InChI=1S/C15H10N2O4S/c1-9(22)20-15(19)13(11(18)6-4-8-16)14-17-10-5-2-3-7-12(10)21-14/h2-3,5,7,9,13,22H,1H3. The van der Waals surface area contributed by atoms with Gasteiger partial charge in [-0.2, -0.15) is 5.26 Å². The first-order valence-electron chi connectivity index (χ1n) is 6.21. The zero-order valence-corrected chi connectivity index (χ0v) is 12.3. The molecule has 7 heteroatoms. The summed E-state index contributed by atoms with van der Waals surface area (Å²) >= 11 is 3.94. The number of hydrogen-bond donors (Lipinski definition) is 1. The Morgan fingerprint density at radius 2 is 2.14 bits per heavy atom.